The third-order valence-electron chi connectivity index (χ3n) is 3.77. The summed E-state index contributed by atoms with van der Waals surface area (Å²) in [5, 5.41) is 0.613. The number of carbonyl (C=O) groups excluding carboxylic acids is 2. The van der Waals surface area contributed by atoms with E-state index in [0.717, 1.165) is 10.3 Å². The first kappa shape index (κ1) is 18.0. The van der Waals surface area contributed by atoms with E-state index in [9.17, 15) is 18.4 Å². The Morgan fingerprint density at radius 3 is 2.46 bits per heavy atom. The zero-order chi connectivity index (χ0) is 18.7. The number of ether oxygens (including phenoxy) is 1. The van der Waals surface area contributed by atoms with Crippen molar-refractivity contribution in [3.05, 3.63) is 70.6 Å². The van der Waals surface area contributed by atoms with Crippen LogP contribution in [0.1, 0.15) is 15.2 Å². The number of amides is 1. The van der Waals surface area contributed by atoms with Gasteiger partial charge >= 0.3 is 5.97 Å². The molecule has 4 nitrogen and oxygen atoms in total. The topological polar surface area (TPSA) is 46.6 Å². The Labute approximate surface area is 152 Å². The normalized spacial score (nSPS) is 10.7. The van der Waals surface area contributed by atoms with Gasteiger partial charge in [-0.05, 0) is 47.3 Å². The van der Waals surface area contributed by atoms with Crippen molar-refractivity contribution in [2.75, 3.05) is 13.7 Å². The summed E-state index contributed by atoms with van der Waals surface area (Å²) >= 11 is 1.18. The molecule has 0 radical (unpaired) electrons. The monoisotopic (exact) mass is 375 g/mol. The second kappa shape index (κ2) is 7.61. The lowest BCUT2D eigenvalue weighted by Gasteiger charge is -2.17. The summed E-state index contributed by atoms with van der Waals surface area (Å²) in [7, 11) is 1.57. The number of likely N-dealkylation sites (N-methyl/N-ethyl adjacent to an activating group) is 1. The largest absolute Gasteiger partial charge is 0.451 e. The standard InChI is InChI=1S/C19H15F2NO3S/c1-22(10-12-2-4-14(20)5-3-12)18(23)11-25-19(24)17-9-13-8-15(21)6-7-16(13)26-17/h2-9H,10-11H2,1H3. The molecule has 7 heteroatoms. The molecular formula is C19H15F2NO3S. The lowest BCUT2D eigenvalue weighted by atomic mass is 10.2. The first-order valence-corrected chi connectivity index (χ1v) is 8.58. The SMILES string of the molecule is CN(Cc1ccc(F)cc1)C(=O)COC(=O)c1cc2cc(F)ccc2s1. The molecule has 1 heterocycles. The quantitative estimate of drug-likeness (QED) is 0.634. The molecule has 0 bridgehead atoms. The van der Waals surface area contributed by atoms with Crippen molar-refractivity contribution in [3.8, 4) is 0 Å². The highest BCUT2D eigenvalue weighted by molar-refractivity contribution is 7.20. The van der Waals surface area contributed by atoms with Crippen molar-refractivity contribution < 1.29 is 23.1 Å². The summed E-state index contributed by atoms with van der Waals surface area (Å²) in [6, 6.07) is 11.6. The lowest BCUT2D eigenvalue weighted by Crippen LogP contribution is -2.30. The van der Waals surface area contributed by atoms with Crippen LogP contribution in [-0.2, 0) is 16.1 Å². The van der Waals surface area contributed by atoms with Crippen LogP contribution >= 0.6 is 11.3 Å². The first-order chi connectivity index (χ1) is 12.4. The fraction of sp³-hybridized carbons (Fsp3) is 0.158. The van der Waals surface area contributed by atoms with Gasteiger partial charge in [-0.15, -0.1) is 11.3 Å². The van der Waals surface area contributed by atoms with Crippen LogP contribution in [0.5, 0.6) is 0 Å². The van der Waals surface area contributed by atoms with Gasteiger partial charge in [0.2, 0.25) is 0 Å². The molecule has 0 aliphatic carbocycles. The van der Waals surface area contributed by atoms with Gasteiger partial charge in [-0.1, -0.05) is 12.1 Å². The molecule has 26 heavy (non-hydrogen) atoms. The van der Waals surface area contributed by atoms with Gasteiger partial charge in [-0.25, -0.2) is 13.6 Å². The molecule has 1 amide bonds. The molecule has 0 fully saturated rings. The zero-order valence-electron chi connectivity index (χ0n) is 13.9. The number of rotatable bonds is 5. The third-order valence-corrected chi connectivity index (χ3v) is 4.86. The summed E-state index contributed by atoms with van der Waals surface area (Å²) in [5.41, 5.74) is 0.764. The minimum Gasteiger partial charge on any atom is -0.451 e. The molecule has 3 aromatic rings. The number of halogens is 2. The Morgan fingerprint density at radius 1 is 1.04 bits per heavy atom. The van der Waals surface area contributed by atoms with Crippen molar-refractivity contribution >= 4 is 33.3 Å². The van der Waals surface area contributed by atoms with Crippen LogP contribution in [0.3, 0.4) is 0 Å². The van der Waals surface area contributed by atoms with Gasteiger partial charge in [0, 0.05) is 18.3 Å². The fourth-order valence-electron chi connectivity index (χ4n) is 2.38. The molecule has 0 saturated carbocycles. The highest BCUT2D eigenvalue weighted by atomic mass is 32.1. The Hall–Kier alpha value is -2.80. The van der Waals surface area contributed by atoms with Crippen LogP contribution in [0.25, 0.3) is 10.1 Å². The molecule has 3 rings (SSSR count). The van der Waals surface area contributed by atoms with Gasteiger partial charge in [0.1, 0.15) is 16.5 Å². The molecule has 0 spiro atoms. The van der Waals surface area contributed by atoms with E-state index < -0.39 is 12.6 Å². The Kier molecular flexibility index (Phi) is 5.27. The van der Waals surface area contributed by atoms with E-state index in [1.54, 1.807) is 25.2 Å². The smallest absolute Gasteiger partial charge is 0.348 e. The summed E-state index contributed by atoms with van der Waals surface area (Å²) in [6.07, 6.45) is 0. The fourth-order valence-corrected chi connectivity index (χ4v) is 3.31. The summed E-state index contributed by atoms with van der Waals surface area (Å²) in [4.78, 5) is 25.9. The zero-order valence-corrected chi connectivity index (χ0v) is 14.7. The molecule has 0 unspecified atom stereocenters. The number of carbonyl (C=O) groups is 2. The Morgan fingerprint density at radius 2 is 1.73 bits per heavy atom. The number of hydrogen-bond donors (Lipinski definition) is 0. The number of hydrogen-bond acceptors (Lipinski definition) is 4. The average molecular weight is 375 g/mol. The molecule has 0 saturated heterocycles. The highest BCUT2D eigenvalue weighted by Crippen LogP contribution is 2.26. The van der Waals surface area contributed by atoms with Crippen molar-refractivity contribution in [1.29, 1.82) is 0 Å². The van der Waals surface area contributed by atoms with Crippen LogP contribution in [-0.4, -0.2) is 30.4 Å². The van der Waals surface area contributed by atoms with Crippen molar-refractivity contribution in [2.45, 2.75) is 6.54 Å². The molecular weight excluding hydrogens is 360 g/mol. The van der Waals surface area contributed by atoms with E-state index in [4.69, 9.17) is 4.74 Å². The van der Waals surface area contributed by atoms with E-state index in [0.29, 0.717) is 10.3 Å². The predicted molar refractivity (Wildman–Crippen MR) is 94.9 cm³/mol. The number of thiophene rings is 1. The number of esters is 1. The van der Waals surface area contributed by atoms with E-state index in [2.05, 4.69) is 0 Å². The van der Waals surface area contributed by atoms with E-state index >= 15 is 0 Å². The number of fused-ring (bicyclic) bond motifs is 1. The highest BCUT2D eigenvalue weighted by Gasteiger charge is 2.16. The first-order valence-electron chi connectivity index (χ1n) is 7.77. The summed E-state index contributed by atoms with van der Waals surface area (Å²) < 4.78 is 31.9. The molecule has 1 aromatic heterocycles. The van der Waals surface area contributed by atoms with Gasteiger partial charge in [0.25, 0.3) is 5.91 Å². The Balaban J connectivity index is 1.57. The van der Waals surface area contributed by atoms with Crippen LogP contribution in [0.15, 0.2) is 48.5 Å². The summed E-state index contributed by atoms with van der Waals surface area (Å²) in [6.45, 7) is -0.127. The van der Waals surface area contributed by atoms with Gasteiger partial charge in [-0.3, -0.25) is 4.79 Å². The van der Waals surface area contributed by atoms with E-state index in [1.807, 2.05) is 0 Å². The van der Waals surface area contributed by atoms with Crippen LogP contribution in [0.4, 0.5) is 8.78 Å². The second-order valence-electron chi connectivity index (χ2n) is 5.75. The van der Waals surface area contributed by atoms with Crippen molar-refractivity contribution in [3.63, 3.8) is 0 Å². The van der Waals surface area contributed by atoms with Crippen LogP contribution < -0.4 is 0 Å². The van der Waals surface area contributed by atoms with E-state index in [1.165, 1.54) is 46.6 Å². The van der Waals surface area contributed by atoms with Gasteiger partial charge in [0.15, 0.2) is 6.61 Å². The van der Waals surface area contributed by atoms with Gasteiger partial charge in [0.05, 0.1) is 0 Å². The van der Waals surface area contributed by atoms with Gasteiger partial charge < -0.3 is 9.64 Å². The number of nitrogens with zero attached hydrogens (tertiary/aromatic N) is 1. The maximum Gasteiger partial charge on any atom is 0.348 e. The van der Waals surface area contributed by atoms with Crippen LogP contribution in [0.2, 0.25) is 0 Å². The Bertz CT molecular complexity index is 953. The minimum absolute atomic E-state index is 0.277. The summed E-state index contributed by atoms with van der Waals surface area (Å²) in [5.74, 6) is -1.74. The molecule has 2 aromatic carbocycles. The predicted octanol–water partition coefficient (Wildman–Crippen LogP) is 3.99. The van der Waals surface area contributed by atoms with Crippen LogP contribution in [0, 0.1) is 11.6 Å². The number of benzene rings is 2. The molecule has 0 aliphatic rings. The van der Waals surface area contributed by atoms with Gasteiger partial charge in [-0.2, -0.15) is 0 Å². The third kappa shape index (κ3) is 4.23. The lowest BCUT2D eigenvalue weighted by molar-refractivity contribution is -0.133. The molecule has 134 valence electrons. The second-order valence-corrected chi connectivity index (χ2v) is 6.83. The molecule has 0 aliphatic heterocycles. The van der Waals surface area contributed by atoms with Crippen molar-refractivity contribution in [2.24, 2.45) is 0 Å². The maximum atomic E-state index is 13.2. The minimum atomic E-state index is -0.629. The molecule has 0 atom stereocenters. The van der Waals surface area contributed by atoms with E-state index in [-0.39, 0.29) is 24.1 Å². The maximum absolute atomic E-state index is 13.2. The average Bonchev–Trinajstić information content (AvgIpc) is 3.04. The van der Waals surface area contributed by atoms with Crippen molar-refractivity contribution in [1.82, 2.24) is 4.90 Å². The molecule has 0 N–H and O–H groups in total.